The third kappa shape index (κ3) is 4.53. The van der Waals surface area contributed by atoms with E-state index in [-0.39, 0.29) is 11.5 Å². The number of carbonyl (C=O) groups excluding carboxylic acids is 1. The topological polar surface area (TPSA) is 94.9 Å². The van der Waals surface area contributed by atoms with Crippen LogP contribution in [-0.2, 0) is 11.8 Å². The van der Waals surface area contributed by atoms with Gasteiger partial charge in [0.25, 0.3) is 11.5 Å². The van der Waals surface area contributed by atoms with Crippen LogP contribution in [0.25, 0.3) is 10.2 Å². The van der Waals surface area contributed by atoms with Crippen LogP contribution in [-0.4, -0.2) is 55.0 Å². The van der Waals surface area contributed by atoms with Crippen LogP contribution in [0.3, 0.4) is 0 Å². The lowest BCUT2D eigenvalue weighted by Crippen LogP contribution is -2.36. The van der Waals surface area contributed by atoms with Gasteiger partial charge in [0, 0.05) is 32.3 Å². The van der Waals surface area contributed by atoms with Gasteiger partial charge in [0.15, 0.2) is 0 Å². The summed E-state index contributed by atoms with van der Waals surface area (Å²) in [5, 5.41) is 3.43. The Morgan fingerprint density at radius 3 is 2.58 bits per heavy atom. The number of hydrogen-bond acceptors (Lipinski definition) is 8. The minimum atomic E-state index is -0.319. The summed E-state index contributed by atoms with van der Waals surface area (Å²) in [7, 11) is 1.64. The van der Waals surface area contributed by atoms with Crippen LogP contribution in [0, 0.1) is 6.92 Å². The Bertz CT molecular complexity index is 1230. The number of anilines is 2. The van der Waals surface area contributed by atoms with Crippen LogP contribution in [0.15, 0.2) is 23.3 Å². The first-order chi connectivity index (χ1) is 15.9. The van der Waals surface area contributed by atoms with E-state index in [1.54, 1.807) is 20.0 Å². The van der Waals surface area contributed by atoms with E-state index in [9.17, 15) is 9.59 Å². The number of nitrogens with zero attached hydrogens (tertiary/aromatic N) is 3. The van der Waals surface area contributed by atoms with Gasteiger partial charge in [-0.15, -0.1) is 11.3 Å². The Morgan fingerprint density at radius 2 is 1.88 bits per heavy atom. The fourth-order valence-corrected chi connectivity index (χ4v) is 4.88. The number of rotatable bonds is 7. The van der Waals surface area contributed by atoms with E-state index in [1.807, 2.05) is 19.9 Å². The van der Waals surface area contributed by atoms with Gasteiger partial charge in [-0.1, -0.05) is 0 Å². The molecule has 1 aliphatic heterocycles. The van der Waals surface area contributed by atoms with Gasteiger partial charge < -0.3 is 29.0 Å². The number of fused-ring (bicyclic) bond motifs is 1. The second-order valence-corrected chi connectivity index (χ2v) is 8.63. The minimum Gasteiger partial charge on any atom is -0.492 e. The molecule has 0 atom stereocenters. The molecule has 33 heavy (non-hydrogen) atoms. The number of morpholine rings is 1. The lowest BCUT2D eigenvalue weighted by molar-refractivity contribution is 0.102. The molecule has 1 aromatic carbocycles. The first-order valence-corrected chi connectivity index (χ1v) is 11.8. The smallest absolute Gasteiger partial charge is 0.266 e. The molecule has 3 aromatic rings. The number of carbonyl (C=O) groups is 1. The summed E-state index contributed by atoms with van der Waals surface area (Å²) < 4.78 is 18.7. The summed E-state index contributed by atoms with van der Waals surface area (Å²) in [6, 6.07) is 3.71. The fraction of sp³-hybridized carbons (Fsp3) is 0.435. The third-order valence-electron chi connectivity index (χ3n) is 5.48. The molecule has 1 saturated heterocycles. The van der Waals surface area contributed by atoms with Crippen molar-refractivity contribution in [3.63, 3.8) is 0 Å². The van der Waals surface area contributed by atoms with Crippen molar-refractivity contribution in [1.29, 1.82) is 0 Å². The molecule has 0 bridgehead atoms. The van der Waals surface area contributed by atoms with Gasteiger partial charge in [-0.25, -0.2) is 4.98 Å². The molecule has 1 fully saturated rings. The predicted octanol–water partition coefficient (Wildman–Crippen LogP) is 3.19. The van der Waals surface area contributed by atoms with Crippen molar-refractivity contribution < 1.29 is 19.0 Å². The maximum atomic E-state index is 13.3. The van der Waals surface area contributed by atoms with Gasteiger partial charge in [0.2, 0.25) is 0 Å². The molecule has 0 radical (unpaired) electrons. The third-order valence-corrected chi connectivity index (χ3v) is 6.68. The summed E-state index contributed by atoms with van der Waals surface area (Å²) in [6.07, 6.45) is 1.47. The summed E-state index contributed by atoms with van der Waals surface area (Å²) in [5.41, 5.74) is 1.87. The number of aryl methyl sites for hydroxylation is 2. The molecular weight excluding hydrogens is 444 g/mol. The van der Waals surface area contributed by atoms with Crippen molar-refractivity contribution in [3.05, 3.63) is 39.3 Å². The molecule has 1 N–H and O–H groups in total. The first-order valence-electron chi connectivity index (χ1n) is 11.0. The van der Waals surface area contributed by atoms with Gasteiger partial charge in [0.1, 0.15) is 16.3 Å². The van der Waals surface area contributed by atoms with Crippen LogP contribution in [0.5, 0.6) is 11.5 Å². The van der Waals surface area contributed by atoms with Gasteiger partial charge >= 0.3 is 0 Å². The Kier molecular flexibility index (Phi) is 6.85. The monoisotopic (exact) mass is 472 g/mol. The van der Waals surface area contributed by atoms with Crippen LogP contribution < -0.4 is 25.2 Å². The lowest BCUT2D eigenvalue weighted by atomic mass is 10.1. The molecule has 4 rings (SSSR count). The standard InChI is InChI=1S/C23H28N4O5S/c1-5-31-17-12-16(27-7-9-30-10-8-27)18(32-6-2)11-15(17)25-21(28)20-14(3)19-22(33-20)24-13-26(4)23(19)29/h11-13H,5-10H2,1-4H3,(H,25,28). The zero-order valence-corrected chi connectivity index (χ0v) is 20.1. The van der Waals surface area contributed by atoms with Gasteiger partial charge in [-0.3, -0.25) is 9.59 Å². The average Bonchev–Trinajstić information content (AvgIpc) is 3.16. The van der Waals surface area contributed by atoms with Crippen molar-refractivity contribution in [2.24, 2.45) is 7.05 Å². The van der Waals surface area contributed by atoms with Crippen LogP contribution in [0.4, 0.5) is 11.4 Å². The molecule has 0 aliphatic carbocycles. The Morgan fingerprint density at radius 1 is 1.18 bits per heavy atom. The number of thiophene rings is 1. The maximum absolute atomic E-state index is 13.3. The molecule has 1 amide bonds. The molecule has 2 aromatic heterocycles. The molecule has 0 saturated carbocycles. The van der Waals surface area contributed by atoms with E-state index < -0.39 is 0 Å². The largest absolute Gasteiger partial charge is 0.492 e. The van der Waals surface area contributed by atoms with Crippen LogP contribution in [0.2, 0.25) is 0 Å². The normalized spacial score (nSPS) is 13.9. The van der Waals surface area contributed by atoms with Crippen LogP contribution in [0.1, 0.15) is 29.1 Å². The van der Waals surface area contributed by atoms with Gasteiger partial charge in [-0.05, 0) is 26.3 Å². The van der Waals surface area contributed by atoms with Crippen LogP contribution >= 0.6 is 11.3 Å². The Balaban J connectivity index is 1.72. The number of hydrogen-bond donors (Lipinski definition) is 1. The predicted molar refractivity (Wildman–Crippen MR) is 129 cm³/mol. The molecule has 0 spiro atoms. The Labute approximate surface area is 195 Å². The van der Waals surface area contributed by atoms with E-state index in [4.69, 9.17) is 14.2 Å². The van der Waals surface area contributed by atoms with Gasteiger partial charge in [-0.2, -0.15) is 0 Å². The second kappa shape index (κ2) is 9.80. The SMILES string of the molecule is CCOc1cc(N2CCOCC2)c(OCC)cc1NC(=O)c1sc2ncn(C)c(=O)c2c1C. The molecule has 176 valence electrons. The van der Waals surface area contributed by atoms with Crippen molar-refractivity contribution in [3.8, 4) is 11.5 Å². The summed E-state index contributed by atoms with van der Waals surface area (Å²) >= 11 is 1.20. The molecule has 9 nitrogen and oxygen atoms in total. The highest BCUT2D eigenvalue weighted by Crippen LogP contribution is 2.40. The first kappa shape index (κ1) is 23.1. The number of aromatic nitrogens is 2. The zero-order valence-electron chi connectivity index (χ0n) is 19.3. The zero-order chi connectivity index (χ0) is 23.5. The van der Waals surface area contributed by atoms with Crippen molar-refractivity contribution in [1.82, 2.24) is 9.55 Å². The van der Waals surface area contributed by atoms with E-state index in [2.05, 4.69) is 15.2 Å². The quantitative estimate of drug-likeness (QED) is 0.564. The highest BCUT2D eigenvalue weighted by molar-refractivity contribution is 7.20. The molecule has 1 aliphatic rings. The van der Waals surface area contributed by atoms with E-state index in [0.29, 0.717) is 64.3 Å². The fourth-order valence-electron chi connectivity index (χ4n) is 3.85. The highest BCUT2D eigenvalue weighted by Gasteiger charge is 2.23. The molecule has 10 heteroatoms. The number of amides is 1. The number of ether oxygens (including phenoxy) is 3. The van der Waals surface area contributed by atoms with E-state index >= 15 is 0 Å². The minimum absolute atomic E-state index is 0.170. The van der Waals surface area contributed by atoms with Crippen molar-refractivity contribution >= 4 is 38.8 Å². The average molecular weight is 473 g/mol. The summed E-state index contributed by atoms with van der Waals surface area (Å²) in [5.74, 6) is 0.908. The van der Waals surface area contributed by atoms with Crippen molar-refractivity contribution in [2.75, 3.05) is 49.7 Å². The number of nitrogens with one attached hydrogen (secondary N) is 1. The summed E-state index contributed by atoms with van der Waals surface area (Å²) in [6.45, 7) is 9.32. The van der Waals surface area contributed by atoms with E-state index in [1.165, 1.54) is 22.2 Å². The maximum Gasteiger partial charge on any atom is 0.266 e. The molecular formula is C23H28N4O5S. The highest BCUT2D eigenvalue weighted by atomic mass is 32.1. The van der Waals surface area contributed by atoms with Gasteiger partial charge in [0.05, 0.1) is 54.4 Å². The van der Waals surface area contributed by atoms with E-state index in [0.717, 1.165) is 18.8 Å². The second-order valence-electron chi connectivity index (χ2n) is 7.63. The molecule has 3 heterocycles. The lowest BCUT2D eigenvalue weighted by Gasteiger charge is -2.31. The van der Waals surface area contributed by atoms with Crippen molar-refractivity contribution in [2.45, 2.75) is 20.8 Å². The number of benzene rings is 1. The Hall–Kier alpha value is -3.11. The summed E-state index contributed by atoms with van der Waals surface area (Å²) in [4.78, 5) is 33.3. The molecule has 0 unspecified atom stereocenters.